The number of methoxy groups -OCH3 is 1. The van der Waals surface area contributed by atoms with E-state index in [0.29, 0.717) is 11.4 Å². The Balaban J connectivity index is 1.87. The number of amides is 3. The second-order valence-electron chi connectivity index (χ2n) is 8.24. The molecule has 0 unspecified atom stereocenters. The largest absolute Gasteiger partial charge is 0.495 e. The van der Waals surface area contributed by atoms with Crippen molar-refractivity contribution in [3.63, 3.8) is 0 Å². The molecule has 0 fully saturated rings. The topological polar surface area (TPSA) is 178 Å². The molecule has 1 aromatic heterocycles. The average molecular weight is 509 g/mol. The average Bonchev–Trinajstić information content (AvgIpc) is 2.76. The van der Waals surface area contributed by atoms with E-state index in [1.54, 1.807) is 20.8 Å². The SMILES string of the molecule is COc1cnnc(NS(=O)(=O)c2ccc(NC(=O)CNC(=O)[C@H](C)NC(=O)OC(C)(C)C)cc2)c1. The maximum absolute atomic E-state index is 12.5. The molecule has 190 valence electrons. The smallest absolute Gasteiger partial charge is 0.408 e. The molecule has 13 nitrogen and oxygen atoms in total. The van der Waals surface area contributed by atoms with E-state index >= 15 is 0 Å². The second kappa shape index (κ2) is 11.5. The molecule has 0 saturated heterocycles. The number of ether oxygens (including phenoxy) is 2. The zero-order valence-electron chi connectivity index (χ0n) is 19.9. The van der Waals surface area contributed by atoms with Crippen LogP contribution in [0.25, 0.3) is 0 Å². The molecule has 1 heterocycles. The van der Waals surface area contributed by atoms with Crippen molar-refractivity contribution in [2.24, 2.45) is 0 Å². The zero-order chi connectivity index (χ0) is 26.2. The lowest BCUT2D eigenvalue weighted by Crippen LogP contribution is -2.47. The third kappa shape index (κ3) is 9.08. The Labute approximate surface area is 203 Å². The first-order valence-corrected chi connectivity index (χ1v) is 11.8. The van der Waals surface area contributed by atoms with Crippen LogP contribution in [0.15, 0.2) is 41.4 Å². The fourth-order valence-electron chi connectivity index (χ4n) is 2.50. The Morgan fingerprint density at radius 2 is 1.77 bits per heavy atom. The summed E-state index contributed by atoms with van der Waals surface area (Å²) in [6.45, 7) is 6.15. The number of carbonyl (C=O) groups is 3. The number of alkyl carbamates (subject to hydrolysis) is 1. The van der Waals surface area contributed by atoms with Gasteiger partial charge in [-0.15, -0.1) is 5.10 Å². The highest BCUT2D eigenvalue weighted by molar-refractivity contribution is 7.92. The summed E-state index contributed by atoms with van der Waals surface area (Å²) in [6, 6.07) is 5.80. The molecule has 35 heavy (non-hydrogen) atoms. The number of aromatic nitrogens is 2. The van der Waals surface area contributed by atoms with E-state index in [-0.39, 0.29) is 17.3 Å². The molecule has 1 atom stereocenters. The van der Waals surface area contributed by atoms with Crippen molar-refractivity contribution in [1.82, 2.24) is 20.8 Å². The molecule has 0 aliphatic rings. The van der Waals surface area contributed by atoms with Crippen LogP contribution in [-0.4, -0.2) is 61.8 Å². The molecule has 4 N–H and O–H groups in total. The Kier molecular flexibility index (Phi) is 8.94. The highest BCUT2D eigenvalue weighted by atomic mass is 32.2. The van der Waals surface area contributed by atoms with Gasteiger partial charge in [-0.25, -0.2) is 13.2 Å². The highest BCUT2D eigenvalue weighted by Crippen LogP contribution is 2.19. The number of carbonyl (C=O) groups excluding carboxylic acids is 3. The number of rotatable bonds is 9. The van der Waals surface area contributed by atoms with Gasteiger partial charge in [0.1, 0.15) is 17.4 Å². The minimum atomic E-state index is -3.96. The van der Waals surface area contributed by atoms with Crippen LogP contribution in [0.2, 0.25) is 0 Å². The van der Waals surface area contributed by atoms with Gasteiger partial charge in [-0.05, 0) is 52.0 Å². The van der Waals surface area contributed by atoms with Gasteiger partial charge >= 0.3 is 6.09 Å². The van der Waals surface area contributed by atoms with Gasteiger partial charge < -0.3 is 25.4 Å². The third-order valence-electron chi connectivity index (χ3n) is 4.10. The van der Waals surface area contributed by atoms with Gasteiger partial charge in [-0.1, -0.05) is 0 Å². The van der Waals surface area contributed by atoms with Gasteiger partial charge in [-0.2, -0.15) is 5.10 Å². The van der Waals surface area contributed by atoms with E-state index in [0.717, 1.165) is 0 Å². The lowest BCUT2D eigenvalue weighted by atomic mass is 10.2. The van der Waals surface area contributed by atoms with Crippen LogP contribution in [0.4, 0.5) is 16.3 Å². The Morgan fingerprint density at radius 1 is 1.11 bits per heavy atom. The van der Waals surface area contributed by atoms with E-state index in [9.17, 15) is 22.8 Å². The van der Waals surface area contributed by atoms with E-state index in [2.05, 4.69) is 30.9 Å². The number of nitrogens with zero attached hydrogens (tertiary/aromatic N) is 2. The Morgan fingerprint density at radius 3 is 2.37 bits per heavy atom. The summed E-state index contributed by atoms with van der Waals surface area (Å²) in [4.78, 5) is 35.9. The first kappa shape index (κ1) is 27.3. The fourth-order valence-corrected chi connectivity index (χ4v) is 3.49. The van der Waals surface area contributed by atoms with Crippen molar-refractivity contribution in [3.05, 3.63) is 36.5 Å². The van der Waals surface area contributed by atoms with Crippen LogP contribution >= 0.6 is 0 Å². The third-order valence-corrected chi connectivity index (χ3v) is 5.47. The van der Waals surface area contributed by atoms with Gasteiger partial charge in [0.2, 0.25) is 11.8 Å². The van der Waals surface area contributed by atoms with Crippen molar-refractivity contribution in [2.75, 3.05) is 23.7 Å². The van der Waals surface area contributed by atoms with E-state index < -0.39 is 39.6 Å². The fraction of sp³-hybridized carbons (Fsp3) is 0.381. The Hall–Kier alpha value is -3.94. The first-order valence-electron chi connectivity index (χ1n) is 10.4. The number of hydrogen-bond acceptors (Lipinski definition) is 9. The molecule has 0 spiro atoms. The number of benzene rings is 1. The van der Waals surface area contributed by atoms with Crippen LogP contribution in [0.5, 0.6) is 5.75 Å². The van der Waals surface area contributed by atoms with Crippen molar-refractivity contribution in [3.8, 4) is 5.75 Å². The minimum absolute atomic E-state index is 0.0205. The molecule has 3 amide bonds. The molecule has 0 saturated carbocycles. The number of nitrogens with one attached hydrogen (secondary N) is 4. The maximum atomic E-state index is 12.5. The van der Waals surface area contributed by atoms with Crippen molar-refractivity contribution >= 4 is 39.4 Å². The van der Waals surface area contributed by atoms with E-state index in [4.69, 9.17) is 9.47 Å². The van der Waals surface area contributed by atoms with Crippen LogP contribution in [0.1, 0.15) is 27.7 Å². The van der Waals surface area contributed by atoms with Gasteiger partial charge in [-0.3, -0.25) is 14.3 Å². The lowest BCUT2D eigenvalue weighted by molar-refractivity contribution is -0.125. The number of sulfonamides is 1. The van der Waals surface area contributed by atoms with Crippen molar-refractivity contribution in [2.45, 2.75) is 44.2 Å². The van der Waals surface area contributed by atoms with Crippen LogP contribution in [-0.2, 0) is 24.3 Å². The molecular formula is C21H28N6O7S. The lowest BCUT2D eigenvalue weighted by Gasteiger charge is -2.21. The predicted molar refractivity (Wildman–Crippen MR) is 126 cm³/mol. The van der Waals surface area contributed by atoms with E-state index in [1.165, 1.54) is 50.6 Å². The summed E-state index contributed by atoms with van der Waals surface area (Å²) in [5.74, 6) is -0.826. The summed E-state index contributed by atoms with van der Waals surface area (Å²) in [7, 11) is -2.55. The molecular weight excluding hydrogens is 480 g/mol. The molecule has 0 radical (unpaired) electrons. The summed E-state index contributed by atoms with van der Waals surface area (Å²) >= 11 is 0. The molecule has 0 aliphatic carbocycles. The first-order chi connectivity index (χ1) is 16.3. The normalized spacial score (nSPS) is 12.1. The second-order valence-corrected chi connectivity index (χ2v) is 9.93. The Bertz CT molecular complexity index is 1160. The molecule has 0 aliphatic heterocycles. The van der Waals surface area contributed by atoms with Crippen LogP contribution < -0.4 is 25.4 Å². The molecule has 1 aromatic carbocycles. The molecule has 14 heteroatoms. The summed E-state index contributed by atoms with van der Waals surface area (Å²) in [6.07, 6.45) is 0.572. The van der Waals surface area contributed by atoms with Crippen molar-refractivity contribution < 1.29 is 32.3 Å². The summed E-state index contributed by atoms with van der Waals surface area (Å²) in [5.41, 5.74) is -0.404. The van der Waals surface area contributed by atoms with Crippen molar-refractivity contribution in [1.29, 1.82) is 0 Å². The zero-order valence-corrected chi connectivity index (χ0v) is 20.7. The van der Waals surface area contributed by atoms with Gasteiger partial charge in [0.25, 0.3) is 10.0 Å². The molecule has 0 bridgehead atoms. The minimum Gasteiger partial charge on any atom is -0.495 e. The van der Waals surface area contributed by atoms with Gasteiger partial charge in [0.05, 0.1) is 24.7 Å². The number of anilines is 2. The summed E-state index contributed by atoms with van der Waals surface area (Å²) in [5, 5.41) is 14.6. The van der Waals surface area contributed by atoms with Crippen LogP contribution in [0, 0.1) is 0 Å². The maximum Gasteiger partial charge on any atom is 0.408 e. The van der Waals surface area contributed by atoms with Gasteiger partial charge in [0.15, 0.2) is 5.82 Å². The standard InChI is InChI=1S/C21H28N6O7S/c1-13(24-20(30)34-21(2,3)4)19(29)22-12-18(28)25-14-6-8-16(9-7-14)35(31,32)27-17-10-15(33-5)11-23-26-17/h6-11,13H,12H2,1-5H3,(H,22,29)(H,24,30)(H,25,28)(H,26,27)/t13-/m0/s1. The van der Waals surface area contributed by atoms with E-state index in [1.807, 2.05) is 0 Å². The number of hydrogen-bond donors (Lipinski definition) is 4. The molecule has 2 rings (SSSR count). The highest BCUT2D eigenvalue weighted by Gasteiger charge is 2.21. The quantitative estimate of drug-likeness (QED) is 0.388. The molecule has 2 aromatic rings. The predicted octanol–water partition coefficient (Wildman–Crippen LogP) is 1.25. The van der Waals surface area contributed by atoms with Crippen LogP contribution in [0.3, 0.4) is 0 Å². The monoisotopic (exact) mass is 508 g/mol. The van der Waals surface area contributed by atoms with Gasteiger partial charge in [0, 0.05) is 11.8 Å². The summed E-state index contributed by atoms with van der Waals surface area (Å²) < 4.78 is 37.4.